The molecule has 0 heteroatoms. The van der Waals surface area contributed by atoms with Crippen LogP contribution in [0.1, 0.15) is 41.0 Å². The first kappa shape index (κ1) is 8.34. The zero-order chi connectivity index (χ0) is 9.09. The van der Waals surface area contributed by atoms with E-state index >= 15 is 0 Å². The highest BCUT2D eigenvalue weighted by atomic mass is 14.6. The highest BCUT2D eigenvalue weighted by Crippen LogP contribution is 2.61. The maximum absolute atomic E-state index is 2.42. The monoisotopic (exact) mass is 164 g/mol. The van der Waals surface area contributed by atoms with Gasteiger partial charge in [0.05, 0.1) is 0 Å². The van der Waals surface area contributed by atoms with Crippen molar-refractivity contribution in [3.8, 4) is 0 Å². The van der Waals surface area contributed by atoms with Gasteiger partial charge in [0.15, 0.2) is 0 Å². The molecule has 2 rings (SSSR count). The third-order valence-electron chi connectivity index (χ3n) is 4.62. The van der Waals surface area contributed by atoms with Crippen molar-refractivity contribution in [2.24, 2.45) is 23.2 Å². The molecule has 0 radical (unpaired) electrons. The molecule has 0 aromatic rings. The van der Waals surface area contributed by atoms with Crippen LogP contribution in [0.15, 0.2) is 11.1 Å². The van der Waals surface area contributed by atoms with Crippen molar-refractivity contribution >= 4 is 0 Å². The van der Waals surface area contributed by atoms with E-state index in [1.54, 1.807) is 11.1 Å². The zero-order valence-corrected chi connectivity index (χ0v) is 8.94. The fourth-order valence-corrected chi connectivity index (χ4v) is 3.24. The fraction of sp³-hybridized carbons (Fsp3) is 0.833. The van der Waals surface area contributed by atoms with E-state index in [1.165, 1.54) is 6.42 Å². The largest absolute Gasteiger partial charge is 0.0698 e. The van der Waals surface area contributed by atoms with Gasteiger partial charge >= 0.3 is 0 Å². The summed E-state index contributed by atoms with van der Waals surface area (Å²) in [7, 11) is 0. The molecule has 0 saturated heterocycles. The summed E-state index contributed by atoms with van der Waals surface area (Å²) in [6.07, 6.45) is 1.43. The molecule has 2 aliphatic rings. The predicted octanol–water partition coefficient (Wildman–Crippen LogP) is 3.63. The average molecular weight is 164 g/mol. The Morgan fingerprint density at radius 1 is 1.25 bits per heavy atom. The molecule has 3 atom stereocenters. The van der Waals surface area contributed by atoms with E-state index in [-0.39, 0.29) is 0 Å². The Kier molecular flexibility index (Phi) is 1.50. The second-order valence-corrected chi connectivity index (χ2v) is 5.35. The highest BCUT2D eigenvalue weighted by Gasteiger charge is 2.50. The quantitative estimate of drug-likeness (QED) is 0.479. The maximum atomic E-state index is 2.42. The lowest BCUT2D eigenvalue weighted by Crippen LogP contribution is -2.29. The molecule has 0 heterocycles. The second-order valence-electron chi connectivity index (χ2n) is 5.35. The Balaban J connectivity index is 2.41. The standard InChI is InChI=1S/C12H20/c1-7-6-10-8(2)9(3)11(10)12(7,4)5/h7-8,10H,6H2,1-5H3. The van der Waals surface area contributed by atoms with Crippen molar-refractivity contribution < 1.29 is 0 Å². The molecular formula is C12H20. The Bertz CT molecular complexity index is 245. The molecule has 0 amide bonds. The summed E-state index contributed by atoms with van der Waals surface area (Å²) in [5, 5.41) is 0. The molecule has 12 heavy (non-hydrogen) atoms. The van der Waals surface area contributed by atoms with Crippen LogP contribution in [0.5, 0.6) is 0 Å². The molecule has 0 spiro atoms. The first-order valence-electron chi connectivity index (χ1n) is 5.17. The van der Waals surface area contributed by atoms with E-state index < -0.39 is 0 Å². The molecule has 3 unspecified atom stereocenters. The van der Waals surface area contributed by atoms with Crippen LogP contribution < -0.4 is 0 Å². The lowest BCUT2D eigenvalue weighted by Gasteiger charge is -2.40. The molecular weight excluding hydrogens is 144 g/mol. The van der Waals surface area contributed by atoms with Crippen LogP contribution in [0.4, 0.5) is 0 Å². The topological polar surface area (TPSA) is 0 Å². The van der Waals surface area contributed by atoms with Crippen molar-refractivity contribution in [1.29, 1.82) is 0 Å². The Labute approximate surface area is 76.1 Å². The first-order chi connectivity index (χ1) is 5.46. The lowest BCUT2D eigenvalue weighted by atomic mass is 9.65. The normalized spacial score (nSPS) is 44.2. The van der Waals surface area contributed by atoms with Crippen LogP contribution >= 0.6 is 0 Å². The first-order valence-corrected chi connectivity index (χ1v) is 5.17. The van der Waals surface area contributed by atoms with E-state index in [9.17, 15) is 0 Å². The average Bonchev–Trinajstić information content (AvgIpc) is 2.21. The third-order valence-corrected chi connectivity index (χ3v) is 4.62. The summed E-state index contributed by atoms with van der Waals surface area (Å²) >= 11 is 0. The van der Waals surface area contributed by atoms with Gasteiger partial charge in [-0.25, -0.2) is 0 Å². The van der Waals surface area contributed by atoms with E-state index in [0.717, 1.165) is 17.8 Å². The molecule has 1 fully saturated rings. The molecule has 2 aliphatic carbocycles. The van der Waals surface area contributed by atoms with Gasteiger partial charge in [0.1, 0.15) is 0 Å². The van der Waals surface area contributed by atoms with Crippen molar-refractivity contribution in [2.75, 3.05) is 0 Å². The Hall–Kier alpha value is -0.260. The van der Waals surface area contributed by atoms with Crippen molar-refractivity contribution in [2.45, 2.75) is 41.0 Å². The van der Waals surface area contributed by atoms with Gasteiger partial charge in [-0.15, -0.1) is 0 Å². The van der Waals surface area contributed by atoms with Gasteiger partial charge in [-0.05, 0) is 36.5 Å². The molecule has 0 N–H and O–H groups in total. The van der Waals surface area contributed by atoms with Crippen LogP contribution in [-0.4, -0.2) is 0 Å². The summed E-state index contributed by atoms with van der Waals surface area (Å²) in [5.74, 6) is 2.71. The van der Waals surface area contributed by atoms with E-state index in [4.69, 9.17) is 0 Å². The molecule has 0 bridgehead atoms. The van der Waals surface area contributed by atoms with Crippen LogP contribution in [0, 0.1) is 23.2 Å². The number of rotatable bonds is 0. The third kappa shape index (κ3) is 0.739. The van der Waals surface area contributed by atoms with Crippen LogP contribution in [-0.2, 0) is 0 Å². The fourth-order valence-electron chi connectivity index (χ4n) is 3.24. The minimum Gasteiger partial charge on any atom is -0.0698 e. The molecule has 0 aromatic carbocycles. The van der Waals surface area contributed by atoms with Crippen molar-refractivity contribution in [3.63, 3.8) is 0 Å². The number of fused-ring (bicyclic) bond motifs is 1. The minimum atomic E-state index is 0.501. The SMILES string of the molecule is CC1=C2C(CC(C)C2(C)C)C1C. The smallest absolute Gasteiger partial charge is 0.0113 e. The Morgan fingerprint density at radius 3 is 2.33 bits per heavy atom. The van der Waals surface area contributed by atoms with Crippen LogP contribution in [0.3, 0.4) is 0 Å². The summed E-state index contributed by atoms with van der Waals surface area (Å²) in [6.45, 7) is 12.0. The number of allylic oxidation sites excluding steroid dienone is 2. The van der Waals surface area contributed by atoms with E-state index in [1.807, 2.05) is 0 Å². The van der Waals surface area contributed by atoms with E-state index in [2.05, 4.69) is 34.6 Å². The van der Waals surface area contributed by atoms with Gasteiger partial charge in [-0.3, -0.25) is 0 Å². The number of hydrogen-bond donors (Lipinski definition) is 0. The summed E-state index contributed by atoms with van der Waals surface area (Å²) in [6, 6.07) is 0. The van der Waals surface area contributed by atoms with Gasteiger partial charge in [-0.1, -0.05) is 38.8 Å². The predicted molar refractivity (Wildman–Crippen MR) is 52.9 cm³/mol. The van der Waals surface area contributed by atoms with Crippen LogP contribution in [0.25, 0.3) is 0 Å². The highest BCUT2D eigenvalue weighted by molar-refractivity contribution is 5.38. The molecule has 68 valence electrons. The lowest BCUT2D eigenvalue weighted by molar-refractivity contribution is 0.330. The number of hydrogen-bond acceptors (Lipinski definition) is 0. The van der Waals surface area contributed by atoms with Gasteiger partial charge in [0, 0.05) is 0 Å². The Morgan fingerprint density at radius 2 is 1.83 bits per heavy atom. The molecule has 1 saturated carbocycles. The van der Waals surface area contributed by atoms with Crippen molar-refractivity contribution in [3.05, 3.63) is 11.1 Å². The summed E-state index contributed by atoms with van der Waals surface area (Å²) in [4.78, 5) is 0. The van der Waals surface area contributed by atoms with Gasteiger partial charge < -0.3 is 0 Å². The van der Waals surface area contributed by atoms with Gasteiger partial charge in [-0.2, -0.15) is 0 Å². The van der Waals surface area contributed by atoms with Crippen LogP contribution in [0.2, 0.25) is 0 Å². The summed E-state index contributed by atoms with van der Waals surface area (Å²) < 4.78 is 0. The zero-order valence-electron chi connectivity index (χ0n) is 8.94. The molecule has 0 aliphatic heterocycles. The second kappa shape index (κ2) is 2.16. The van der Waals surface area contributed by atoms with Gasteiger partial charge in [0.2, 0.25) is 0 Å². The van der Waals surface area contributed by atoms with E-state index in [0.29, 0.717) is 5.41 Å². The molecule has 0 nitrogen and oxygen atoms in total. The van der Waals surface area contributed by atoms with Crippen molar-refractivity contribution in [1.82, 2.24) is 0 Å². The maximum Gasteiger partial charge on any atom is -0.0113 e. The summed E-state index contributed by atoms with van der Waals surface area (Å²) in [5.41, 5.74) is 3.98. The van der Waals surface area contributed by atoms with Gasteiger partial charge in [0.25, 0.3) is 0 Å². The molecule has 0 aromatic heterocycles. The minimum absolute atomic E-state index is 0.501.